The molecule has 6 nitrogen and oxygen atoms in total. The molecule has 1 fully saturated rings. The van der Waals surface area contributed by atoms with Gasteiger partial charge in [0, 0.05) is 18.7 Å². The number of rotatable bonds is 4. The van der Waals surface area contributed by atoms with Crippen LogP contribution in [-0.4, -0.2) is 44.9 Å². The summed E-state index contributed by atoms with van der Waals surface area (Å²) in [5.74, 6) is -1.14. The summed E-state index contributed by atoms with van der Waals surface area (Å²) in [7, 11) is -3.73. The maximum Gasteiger partial charge on any atom is 0.255 e. The summed E-state index contributed by atoms with van der Waals surface area (Å²) >= 11 is 6.08. The van der Waals surface area contributed by atoms with Gasteiger partial charge in [-0.05, 0) is 36.4 Å². The van der Waals surface area contributed by atoms with Gasteiger partial charge in [-0.1, -0.05) is 17.7 Å². The van der Waals surface area contributed by atoms with E-state index in [4.69, 9.17) is 16.3 Å². The number of amides is 1. The summed E-state index contributed by atoms with van der Waals surface area (Å²) in [6, 6.07) is 9.23. The van der Waals surface area contributed by atoms with Crippen LogP contribution >= 0.6 is 11.6 Å². The lowest BCUT2D eigenvalue weighted by atomic mass is 10.2. The molecule has 0 bridgehead atoms. The van der Waals surface area contributed by atoms with E-state index in [-0.39, 0.29) is 34.3 Å². The first kappa shape index (κ1) is 18.8. The maximum absolute atomic E-state index is 13.3. The molecular weight excluding hydrogens is 383 g/mol. The number of hydrogen-bond donors (Lipinski definition) is 1. The smallest absolute Gasteiger partial charge is 0.255 e. The summed E-state index contributed by atoms with van der Waals surface area (Å²) in [5.41, 5.74) is 0.234. The van der Waals surface area contributed by atoms with Crippen LogP contribution in [0, 0.1) is 5.82 Å². The van der Waals surface area contributed by atoms with Crippen molar-refractivity contribution in [3.05, 3.63) is 58.9 Å². The van der Waals surface area contributed by atoms with Gasteiger partial charge < -0.3 is 10.1 Å². The fourth-order valence-corrected chi connectivity index (χ4v) is 4.12. The number of nitrogens with one attached hydrogen (secondary N) is 1. The lowest BCUT2D eigenvalue weighted by Crippen LogP contribution is -2.40. The third-order valence-electron chi connectivity index (χ3n) is 3.88. The van der Waals surface area contributed by atoms with Gasteiger partial charge in [-0.15, -0.1) is 0 Å². The number of nitrogens with zero attached hydrogens (tertiary/aromatic N) is 1. The number of morpholine rings is 1. The monoisotopic (exact) mass is 398 g/mol. The molecule has 1 saturated heterocycles. The fraction of sp³-hybridized carbons (Fsp3) is 0.235. The third-order valence-corrected chi connectivity index (χ3v) is 6.10. The lowest BCUT2D eigenvalue weighted by Gasteiger charge is -2.26. The average molecular weight is 399 g/mol. The Bertz CT molecular complexity index is 930. The van der Waals surface area contributed by atoms with Gasteiger partial charge in [-0.25, -0.2) is 12.8 Å². The number of benzene rings is 2. The first-order valence-electron chi connectivity index (χ1n) is 7.82. The molecule has 26 heavy (non-hydrogen) atoms. The van der Waals surface area contributed by atoms with Crippen molar-refractivity contribution in [2.75, 3.05) is 31.6 Å². The highest BCUT2D eigenvalue weighted by Gasteiger charge is 2.27. The molecule has 3 rings (SSSR count). The first-order valence-corrected chi connectivity index (χ1v) is 9.64. The molecular formula is C17H16ClFN2O4S. The van der Waals surface area contributed by atoms with Crippen molar-refractivity contribution in [3.63, 3.8) is 0 Å². The standard InChI is InChI=1S/C17H16ClFN2O4S/c18-15-5-4-14(26(23,24)21-6-8-25-9-7-21)11-16(15)20-17(22)12-2-1-3-13(19)10-12/h1-5,10-11H,6-9H2,(H,20,22). The van der Waals surface area contributed by atoms with Crippen LogP contribution < -0.4 is 5.32 Å². The molecule has 0 spiro atoms. The predicted octanol–water partition coefficient (Wildman–Crippen LogP) is 2.75. The van der Waals surface area contributed by atoms with Crippen LogP contribution in [0.5, 0.6) is 0 Å². The molecule has 9 heteroatoms. The summed E-state index contributed by atoms with van der Waals surface area (Å²) in [6.45, 7) is 1.18. The zero-order chi connectivity index (χ0) is 18.7. The van der Waals surface area contributed by atoms with Crippen molar-refractivity contribution in [1.82, 2.24) is 4.31 Å². The number of sulfonamides is 1. The van der Waals surface area contributed by atoms with Gasteiger partial charge in [-0.3, -0.25) is 4.79 Å². The van der Waals surface area contributed by atoms with Crippen molar-refractivity contribution in [2.45, 2.75) is 4.90 Å². The Morgan fingerprint density at radius 1 is 1.15 bits per heavy atom. The fourth-order valence-electron chi connectivity index (χ4n) is 2.52. The Hall–Kier alpha value is -2.00. The van der Waals surface area contributed by atoms with E-state index in [0.29, 0.717) is 13.2 Å². The van der Waals surface area contributed by atoms with E-state index in [1.165, 1.54) is 40.7 Å². The van der Waals surface area contributed by atoms with Gasteiger partial charge in [0.25, 0.3) is 5.91 Å². The van der Waals surface area contributed by atoms with Crippen LogP contribution in [0.3, 0.4) is 0 Å². The van der Waals surface area contributed by atoms with Gasteiger partial charge in [0.1, 0.15) is 5.82 Å². The molecule has 1 amide bonds. The van der Waals surface area contributed by atoms with Gasteiger partial charge in [0.2, 0.25) is 10.0 Å². The van der Waals surface area contributed by atoms with E-state index in [0.717, 1.165) is 6.07 Å². The zero-order valence-electron chi connectivity index (χ0n) is 13.6. The number of carbonyl (C=O) groups is 1. The quantitative estimate of drug-likeness (QED) is 0.859. The summed E-state index contributed by atoms with van der Waals surface area (Å²) in [6.07, 6.45) is 0. The van der Waals surface area contributed by atoms with Crippen molar-refractivity contribution >= 4 is 33.2 Å². The minimum atomic E-state index is -3.73. The summed E-state index contributed by atoms with van der Waals surface area (Å²) in [5, 5.41) is 2.70. The van der Waals surface area contributed by atoms with E-state index in [9.17, 15) is 17.6 Å². The molecule has 1 aliphatic heterocycles. The highest BCUT2D eigenvalue weighted by molar-refractivity contribution is 7.89. The molecule has 0 radical (unpaired) electrons. The van der Waals surface area contributed by atoms with E-state index in [1.54, 1.807) is 0 Å². The summed E-state index contributed by atoms with van der Waals surface area (Å²) < 4.78 is 45.2. The molecule has 0 aromatic heterocycles. The van der Waals surface area contributed by atoms with E-state index < -0.39 is 21.7 Å². The predicted molar refractivity (Wildman–Crippen MR) is 95.4 cm³/mol. The van der Waals surface area contributed by atoms with Crippen LogP contribution in [0.1, 0.15) is 10.4 Å². The minimum absolute atomic E-state index is 0.0124. The molecule has 0 unspecified atom stereocenters. The molecule has 0 saturated carbocycles. The summed E-state index contributed by atoms with van der Waals surface area (Å²) in [4.78, 5) is 12.3. The van der Waals surface area contributed by atoms with E-state index >= 15 is 0 Å². The molecule has 1 N–H and O–H groups in total. The lowest BCUT2D eigenvalue weighted by molar-refractivity contribution is 0.0730. The van der Waals surface area contributed by atoms with Crippen LogP contribution in [-0.2, 0) is 14.8 Å². The largest absolute Gasteiger partial charge is 0.379 e. The topological polar surface area (TPSA) is 75.7 Å². The Morgan fingerprint density at radius 2 is 1.88 bits per heavy atom. The van der Waals surface area contributed by atoms with Gasteiger partial charge >= 0.3 is 0 Å². The van der Waals surface area contributed by atoms with Crippen molar-refractivity contribution in [1.29, 1.82) is 0 Å². The number of ether oxygens (including phenoxy) is 1. The molecule has 0 aliphatic carbocycles. The van der Waals surface area contributed by atoms with Crippen molar-refractivity contribution in [2.24, 2.45) is 0 Å². The molecule has 0 atom stereocenters. The first-order chi connectivity index (χ1) is 12.4. The second-order valence-corrected chi connectivity index (χ2v) is 7.97. The maximum atomic E-state index is 13.3. The van der Waals surface area contributed by atoms with E-state index in [2.05, 4.69) is 5.32 Å². The number of anilines is 1. The van der Waals surface area contributed by atoms with Gasteiger partial charge in [0.05, 0.1) is 28.8 Å². The van der Waals surface area contributed by atoms with Crippen molar-refractivity contribution < 1.29 is 22.3 Å². The Kier molecular flexibility index (Phi) is 5.57. The SMILES string of the molecule is O=C(Nc1cc(S(=O)(=O)N2CCOCC2)ccc1Cl)c1cccc(F)c1. The van der Waals surface area contributed by atoms with Crippen LogP contribution in [0.2, 0.25) is 5.02 Å². The number of carbonyl (C=O) groups excluding carboxylic acids is 1. The van der Waals surface area contributed by atoms with Crippen LogP contribution in [0.25, 0.3) is 0 Å². The highest BCUT2D eigenvalue weighted by atomic mass is 35.5. The second kappa shape index (κ2) is 7.71. The van der Waals surface area contributed by atoms with Crippen LogP contribution in [0.15, 0.2) is 47.4 Å². The molecule has 138 valence electrons. The Balaban J connectivity index is 1.87. The molecule has 2 aromatic carbocycles. The average Bonchev–Trinajstić information content (AvgIpc) is 2.64. The van der Waals surface area contributed by atoms with E-state index in [1.807, 2.05) is 0 Å². The highest BCUT2D eigenvalue weighted by Crippen LogP contribution is 2.28. The van der Waals surface area contributed by atoms with Crippen LogP contribution in [0.4, 0.5) is 10.1 Å². The van der Waals surface area contributed by atoms with Gasteiger partial charge in [-0.2, -0.15) is 4.31 Å². The Morgan fingerprint density at radius 3 is 2.58 bits per heavy atom. The third kappa shape index (κ3) is 4.04. The molecule has 1 aliphatic rings. The second-order valence-electron chi connectivity index (χ2n) is 5.62. The minimum Gasteiger partial charge on any atom is -0.379 e. The number of hydrogen-bond acceptors (Lipinski definition) is 4. The zero-order valence-corrected chi connectivity index (χ0v) is 15.2. The Labute approximate surface area is 155 Å². The molecule has 1 heterocycles. The molecule has 2 aromatic rings. The normalized spacial score (nSPS) is 15.6. The van der Waals surface area contributed by atoms with Crippen molar-refractivity contribution in [3.8, 4) is 0 Å². The number of halogens is 2. The van der Waals surface area contributed by atoms with Gasteiger partial charge in [0.15, 0.2) is 0 Å².